The lowest BCUT2D eigenvalue weighted by molar-refractivity contribution is 0.180. The number of ether oxygens (including phenoxy) is 1. The van der Waals surface area contributed by atoms with E-state index >= 15 is 0 Å². The monoisotopic (exact) mass is 377 g/mol. The third-order valence-corrected chi connectivity index (χ3v) is 7.24. The summed E-state index contributed by atoms with van der Waals surface area (Å²) in [4.78, 5) is 9.43. The maximum absolute atomic E-state index is 5.24. The van der Waals surface area contributed by atoms with E-state index in [1.54, 1.807) is 7.11 Å². The van der Waals surface area contributed by atoms with Crippen molar-refractivity contribution in [3.8, 4) is 0 Å². The fraction of sp³-hybridized carbons (Fsp3) is 0.692. The highest BCUT2D eigenvalue weighted by molar-refractivity contribution is 9.10. The number of methoxy groups -OCH3 is 1. The van der Waals surface area contributed by atoms with E-state index < -0.39 is 0 Å². The van der Waals surface area contributed by atoms with Gasteiger partial charge in [0.15, 0.2) is 0 Å². The van der Waals surface area contributed by atoms with E-state index in [1.165, 1.54) is 11.5 Å². The van der Waals surface area contributed by atoms with Crippen molar-refractivity contribution in [2.75, 3.05) is 31.0 Å². The molecule has 1 saturated heterocycles. The predicted molar refractivity (Wildman–Crippen MR) is 91.7 cm³/mol. The molecule has 0 spiro atoms. The fourth-order valence-corrected chi connectivity index (χ4v) is 5.66. The molecule has 0 aliphatic carbocycles. The normalized spacial score (nSPS) is 22.8. The molecule has 2 atom stereocenters. The maximum atomic E-state index is 5.24. The number of thioether (sulfide) groups is 2. The van der Waals surface area contributed by atoms with Crippen molar-refractivity contribution < 1.29 is 4.74 Å². The summed E-state index contributed by atoms with van der Waals surface area (Å²) in [5, 5.41) is 4.10. The minimum atomic E-state index is 0.370. The maximum Gasteiger partial charge on any atom is 0.145 e. The van der Waals surface area contributed by atoms with Gasteiger partial charge >= 0.3 is 0 Å². The first-order valence-corrected chi connectivity index (χ1v) is 9.56. The number of nitrogens with zero attached hydrogens (tertiary/aromatic N) is 2. The molecule has 0 bridgehead atoms. The summed E-state index contributed by atoms with van der Waals surface area (Å²) in [6, 6.07) is 0. The molecule has 0 saturated carbocycles. The molecule has 2 heterocycles. The summed E-state index contributed by atoms with van der Waals surface area (Å²) >= 11 is 7.56. The second-order valence-corrected chi connectivity index (χ2v) is 7.87. The summed E-state index contributed by atoms with van der Waals surface area (Å²) in [7, 11) is 3.57. The van der Waals surface area contributed by atoms with Gasteiger partial charge in [-0.25, -0.2) is 9.97 Å². The first-order valence-electron chi connectivity index (χ1n) is 6.67. The Morgan fingerprint density at radius 2 is 2.10 bits per heavy atom. The Morgan fingerprint density at radius 1 is 1.35 bits per heavy atom. The van der Waals surface area contributed by atoms with Gasteiger partial charge in [0.25, 0.3) is 0 Å². The van der Waals surface area contributed by atoms with Gasteiger partial charge in [0, 0.05) is 30.9 Å². The van der Waals surface area contributed by atoms with Crippen LogP contribution in [0.2, 0.25) is 0 Å². The first kappa shape index (κ1) is 16.4. The molecule has 1 fully saturated rings. The van der Waals surface area contributed by atoms with Crippen LogP contribution in [0, 0.1) is 0 Å². The highest BCUT2D eigenvalue weighted by Crippen LogP contribution is 2.43. The van der Waals surface area contributed by atoms with E-state index in [0.717, 1.165) is 28.2 Å². The van der Waals surface area contributed by atoms with E-state index in [-0.39, 0.29) is 0 Å². The van der Waals surface area contributed by atoms with Gasteiger partial charge in [-0.3, -0.25) is 0 Å². The topological polar surface area (TPSA) is 47.0 Å². The van der Waals surface area contributed by atoms with Gasteiger partial charge in [0.05, 0.1) is 22.0 Å². The smallest absolute Gasteiger partial charge is 0.145 e. The van der Waals surface area contributed by atoms with Crippen molar-refractivity contribution in [3.05, 3.63) is 16.0 Å². The van der Waals surface area contributed by atoms with Crippen molar-refractivity contribution in [1.82, 2.24) is 9.97 Å². The lowest BCUT2D eigenvalue weighted by Crippen LogP contribution is -2.21. The highest BCUT2D eigenvalue weighted by atomic mass is 79.9. The molecule has 0 radical (unpaired) electrons. The molecule has 4 nitrogen and oxygen atoms in total. The van der Waals surface area contributed by atoms with Crippen LogP contribution < -0.4 is 5.32 Å². The molecule has 0 aromatic carbocycles. The van der Waals surface area contributed by atoms with Crippen molar-refractivity contribution in [2.45, 2.75) is 30.5 Å². The van der Waals surface area contributed by atoms with E-state index in [4.69, 9.17) is 14.7 Å². The summed E-state index contributed by atoms with van der Waals surface area (Å²) in [6.45, 7) is 2.73. The van der Waals surface area contributed by atoms with E-state index in [2.05, 4.69) is 28.2 Å². The minimum Gasteiger partial charge on any atom is -0.378 e. The molecule has 1 aliphatic heterocycles. The van der Waals surface area contributed by atoms with Crippen molar-refractivity contribution in [2.24, 2.45) is 0 Å². The van der Waals surface area contributed by atoms with Gasteiger partial charge in [-0.15, -0.1) is 11.8 Å². The van der Waals surface area contributed by atoms with Crippen molar-refractivity contribution in [1.29, 1.82) is 0 Å². The number of halogens is 1. The van der Waals surface area contributed by atoms with Crippen LogP contribution in [0.4, 0.5) is 5.82 Å². The number of aromatic nitrogens is 2. The molecule has 112 valence electrons. The minimum absolute atomic E-state index is 0.370. The lowest BCUT2D eigenvalue weighted by Gasteiger charge is -2.29. The molecule has 1 aromatic heterocycles. The predicted octanol–water partition coefficient (Wildman–Crippen LogP) is 3.73. The Balaban J connectivity index is 2.36. The lowest BCUT2D eigenvalue weighted by atomic mass is 10.2. The Hall–Kier alpha value is 0.0200. The van der Waals surface area contributed by atoms with Gasteiger partial charge in [-0.2, -0.15) is 11.8 Å². The fourth-order valence-electron chi connectivity index (χ4n) is 2.18. The van der Waals surface area contributed by atoms with Crippen molar-refractivity contribution >= 4 is 45.3 Å². The van der Waals surface area contributed by atoms with Crippen molar-refractivity contribution in [3.63, 3.8) is 0 Å². The molecule has 2 rings (SSSR count). The van der Waals surface area contributed by atoms with Gasteiger partial charge < -0.3 is 10.1 Å². The Labute approximate surface area is 137 Å². The van der Waals surface area contributed by atoms with E-state index in [0.29, 0.717) is 17.1 Å². The molecule has 0 amide bonds. The zero-order valence-corrected chi connectivity index (χ0v) is 15.2. The second-order valence-electron chi connectivity index (χ2n) is 4.48. The SMILES string of the molecule is CCC1SCCSC1c1nc(COC)c(Br)c(NC)n1. The molecular weight excluding hydrogens is 358 g/mol. The van der Waals surface area contributed by atoms with E-state index in [1.807, 2.05) is 30.6 Å². The number of hydrogen-bond donors (Lipinski definition) is 1. The van der Waals surface area contributed by atoms with Crippen LogP contribution in [0.15, 0.2) is 4.47 Å². The van der Waals surface area contributed by atoms with E-state index in [9.17, 15) is 0 Å². The van der Waals surface area contributed by atoms with Gasteiger partial charge in [0.1, 0.15) is 11.6 Å². The largest absolute Gasteiger partial charge is 0.378 e. The average Bonchev–Trinajstić information content (AvgIpc) is 2.49. The molecule has 2 unspecified atom stereocenters. The van der Waals surface area contributed by atoms with Gasteiger partial charge in [-0.05, 0) is 22.4 Å². The molecule has 20 heavy (non-hydrogen) atoms. The van der Waals surface area contributed by atoms with Crippen LogP contribution in [0.25, 0.3) is 0 Å². The quantitative estimate of drug-likeness (QED) is 0.843. The van der Waals surface area contributed by atoms with Crippen LogP contribution in [0.3, 0.4) is 0 Å². The van der Waals surface area contributed by atoms with Gasteiger partial charge in [0.2, 0.25) is 0 Å². The molecule has 1 aromatic rings. The number of rotatable bonds is 5. The van der Waals surface area contributed by atoms with Crippen LogP contribution in [0.5, 0.6) is 0 Å². The molecule has 7 heteroatoms. The summed E-state index contributed by atoms with van der Waals surface area (Å²) in [6.07, 6.45) is 1.15. The second kappa shape index (κ2) is 7.87. The highest BCUT2D eigenvalue weighted by Gasteiger charge is 2.29. The Kier molecular flexibility index (Phi) is 6.45. The molecule has 1 N–H and O–H groups in total. The summed E-state index contributed by atoms with van der Waals surface area (Å²) in [5.74, 6) is 4.15. The number of anilines is 1. The molecular formula is C13H20BrN3OS2. The number of nitrogens with one attached hydrogen (secondary N) is 1. The number of hydrogen-bond acceptors (Lipinski definition) is 6. The first-order chi connectivity index (χ1) is 9.71. The van der Waals surface area contributed by atoms with Crippen LogP contribution in [0.1, 0.15) is 30.1 Å². The standard InChI is InChI=1S/C13H20BrN3OS2/c1-4-9-11(20-6-5-19-9)13-16-8(7-18-3)10(14)12(15-2)17-13/h9,11H,4-7H2,1-3H3,(H,15,16,17). The third-order valence-electron chi connectivity index (χ3n) is 3.16. The Bertz CT molecular complexity index is 461. The van der Waals surface area contributed by atoms with Crippen LogP contribution >= 0.6 is 39.5 Å². The zero-order valence-electron chi connectivity index (χ0n) is 12.0. The summed E-state index contributed by atoms with van der Waals surface area (Å²) in [5.41, 5.74) is 0.910. The average molecular weight is 378 g/mol. The summed E-state index contributed by atoms with van der Waals surface area (Å²) < 4.78 is 6.14. The molecule has 1 aliphatic rings. The van der Waals surface area contributed by atoms with Crippen LogP contribution in [-0.4, -0.2) is 40.9 Å². The van der Waals surface area contributed by atoms with Crippen LogP contribution in [-0.2, 0) is 11.3 Å². The van der Waals surface area contributed by atoms with Gasteiger partial charge in [-0.1, -0.05) is 6.92 Å². The Morgan fingerprint density at radius 3 is 2.75 bits per heavy atom. The third kappa shape index (κ3) is 3.61. The zero-order chi connectivity index (χ0) is 14.5.